The van der Waals surface area contributed by atoms with Crippen molar-refractivity contribution in [2.75, 3.05) is 23.4 Å². The van der Waals surface area contributed by atoms with Crippen molar-refractivity contribution in [3.63, 3.8) is 0 Å². The summed E-state index contributed by atoms with van der Waals surface area (Å²) in [5, 5.41) is 2.84. The van der Waals surface area contributed by atoms with Crippen molar-refractivity contribution in [1.82, 2.24) is 14.1 Å². The number of hydrogen-bond donors (Lipinski definition) is 1. The second-order valence-electron chi connectivity index (χ2n) is 6.59. The van der Waals surface area contributed by atoms with Gasteiger partial charge in [-0.2, -0.15) is 0 Å². The number of aryl methyl sites for hydroxylation is 1. The highest BCUT2D eigenvalue weighted by Crippen LogP contribution is 2.31. The molecule has 0 aliphatic carbocycles. The third-order valence-electron chi connectivity index (χ3n) is 4.69. The molecule has 3 aromatic rings. The third-order valence-corrected chi connectivity index (χ3v) is 4.69. The number of nitrogens with zero attached hydrogens (tertiary/aromatic N) is 4. The van der Waals surface area contributed by atoms with E-state index in [9.17, 15) is 19.2 Å². The van der Waals surface area contributed by atoms with Crippen LogP contribution in [0.4, 0.5) is 11.4 Å². The zero-order valence-corrected chi connectivity index (χ0v) is 15.7. The molecule has 29 heavy (non-hydrogen) atoms. The highest BCUT2D eigenvalue weighted by atomic mass is 16.5. The quantitative estimate of drug-likeness (QED) is 0.667. The van der Waals surface area contributed by atoms with E-state index < -0.39 is 17.2 Å². The van der Waals surface area contributed by atoms with E-state index >= 15 is 0 Å². The molecule has 0 saturated carbocycles. The van der Waals surface area contributed by atoms with Gasteiger partial charge in [0.2, 0.25) is 5.91 Å². The van der Waals surface area contributed by atoms with Crippen LogP contribution in [0.3, 0.4) is 0 Å². The summed E-state index contributed by atoms with van der Waals surface area (Å²) < 4.78 is 7.59. The Morgan fingerprint density at radius 1 is 1.17 bits per heavy atom. The summed E-state index contributed by atoms with van der Waals surface area (Å²) in [7, 11) is 2.88. The van der Waals surface area contributed by atoms with Crippen LogP contribution >= 0.6 is 0 Å². The van der Waals surface area contributed by atoms with Crippen LogP contribution in [0.1, 0.15) is 0 Å². The molecule has 0 bridgehead atoms. The maximum Gasteiger partial charge on any atom is 0.332 e. The van der Waals surface area contributed by atoms with E-state index in [1.54, 1.807) is 24.3 Å². The SMILES string of the molecule is Cn1c(=O)c2cc(NC(=O)CN3C(=O)COc4ccccc43)cnc2n(C)c1=O. The van der Waals surface area contributed by atoms with E-state index in [1.165, 1.54) is 35.8 Å². The maximum absolute atomic E-state index is 12.5. The number of amides is 2. The summed E-state index contributed by atoms with van der Waals surface area (Å²) >= 11 is 0. The van der Waals surface area contributed by atoms with Gasteiger partial charge in [0.15, 0.2) is 6.61 Å². The lowest BCUT2D eigenvalue weighted by Gasteiger charge is -2.28. The van der Waals surface area contributed by atoms with Crippen molar-refractivity contribution in [1.29, 1.82) is 0 Å². The zero-order chi connectivity index (χ0) is 20.7. The zero-order valence-electron chi connectivity index (χ0n) is 15.7. The smallest absolute Gasteiger partial charge is 0.332 e. The summed E-state index contributed by atoms with van der Waals surface area (Å²) in [6.07, 6.45) is 1.36. The minimum absolute atomic E-state index is 0.147. The lowest BCUT2D eigenvalue weighted by atomic mass is 10.2. The molecular weight excluding hydrogens is 378 g/mol. The number of ether oxygens (including phenoxy) is 1. The molecule has 148 valence electrons. The topological polar surface area (TPSA) is 116 Å². The number of benzene rings is 1. The van der Waals surface area contributed by atoms with Crippen LogP contribution in [0.2, 0.25) is 0 Å². The Kier molecular flexibility index (Phi) is 4.38. The number of hydrogen-bond acceptors (Lipinski definition) is 6. The lowest BCUT2D eigenvalue weighted by Crippen LogP contribution is -2.43. The van der Waals surface area contributed by atoms with Crippen molar-refractivity contribution in [3.05, 3.63) is 57.4 Å². The third kappa shape index (κ3) is 3.14. The fourth-order valence-electron chi connectivity index (χ4n) is 3.21. The standard InChI is InChI=1S/C19H17N5O5/c1-22-17-12(18(27)23(2)19(22)28)7-11(8-20-17)21-15(25)9-24-13-5-3-4-6-14(13)29-10-16(24)26/h3-8H,9-10H2,1-2H3,(H,21,25). The normalized spacial score (nSPS) is 13.2. The Balaban J connectivity index is 1.61. The molecule has 2 aromatic heterocycles. The Hall–Kier alpha value is -3.95. The number of nitrogens with one attached hydrogen (secondary N) is 1. The predicted molar refractivity (Wildman–Crippen MR) is 105 cm³/mol. The molecule has 1 N–H and O–H groups in total. The summed E-state index contributed by atoms with van der Waals surface area (Å²) in [6.45, 7) is -0.367. The van der Waals surface area contributed by atoms with Gasteiger partial charge < -0.3 is 10.1 Å². The molecular formula is C19H17N5O5. The number of para-hydroxylation sites is 2. The number of pyridine rings is 1. The predicted octanol–water partition coefficient (Wildman–Crippen LogP) is -0.00370. The van der Waals surface area contributed by atoms with Crippen molar-refractivity contribution in [3.8, 4) is 5.75 Å². The van der Waals surface area contributed by atoms with Crippen molar-refractivity contribution in [2.45, 2.75) is 0 Å². The van der Waals surface area contributed by atoms with Gasteiger partial charge in [0.05, 0.1) is 23.0 Å². The van der Waals surface area contributed by atoms with Crippen LogP contribution < -0.4 is 26.2 Å². The van der Waals surface area contributed by atoms with Crippen LogP contribution in [0, 0.1) is 0 Å². The molecule has 1 aromatic carbocycles. The molecule has 10 nitrogen and oxygen atoms in total. The van der Waals surface area contributed by atoms with E-state index in [2.05, 4.69) is 10.3 Å². The molecule has 0 spiro atoms. The van der Waals surface area contributed by atoms with Gasteiger partial charge in [-0.25, -0.2) is 9.78 Å². The second kappa shape index (κ2) is 6.89. The summed E-state index contributed by atoms with van der Waals surface area (Å²) in [4.78, 5) is 54.6. The molecule has 2 amide bonds. The van der Waals surface area contributed by atoms with Crippen molar-refractivity contribution in [2.24, 2.45) is 14.1 Å². The number of rotatable bonds is 3. The molecule has 0 radical (unpaired) electrons. The molecule has 0 saturated heterocycles. The average molecular weight is 395 g/mol. The fourth-order valence-corrected chi connectivity index (χ4v) is 3.21. The highest BCUT2D eigenvalue weighted by molar-refractivity contribution is 6.05. The van der Waals surface area contributed by atoms with Gasteiger partial charge in [0, 0.05) is 14.1 Å². The lowest BCUT2D eigenvalue weighted by molar-refractivity contribution is -0.123. The first-order valence-electron chi connectivity index (χ1n) is 8.74. The number of anilines is 2. The van der Waals surface area contributed by atoms with E-state index in [0.717, 1.165) is 4.57 Å². The van der Waals surface area contributed by atoms with Crippen LogP contribution in [0.15, 0.2) is 46.1 Å². The molecule has 0 atom stereocenters. The van der Waals surface area contributed by atoms with Crippen LogP contribution in [0.5, 0.6) is 5.75 Å². The number of aromatic nitrogens is 3. The first-order valence-corrected chi connectivity index (χ1v) is 8.74. The van der Waals surface area contributed by atoms with E-state index in [1.807, 2.05) is 0 Å². The molecule has 0 fully saturated rings. The van der Waals surface area contributed by atoms with Gasteiger partial charge in [0.25, 0.3) is 11.5 Å². The van der Waals surface area contributed by atoms with Gasteiger partial charge in [0.1, 0.15) is 17.9 Å². The number of carbonyl (C=O) groups excluding carboxylic acids is 2. The summed E-state index contributed by atoms with van der Waals surface area (Å²) in [6, 6.07) is 8.40. The van der Waals surface area contributed by atoms with Gasteiger partial charge >= 0.3 is 5.69 Å². The Morgan fingerprint density at radius 2 is 1.93 bits per heavy atom. The van der Waals surface area contributed by atoms with E-state index in [0.29, 0.717) is 11.4 Å². The van der Waals surface area contributed by atoms with Crippen molar-refractivity contribution < 1.29 is 14.3 Å². The number of carbonyl (C=O) groups is 2. The molecule has 1 aliphatic heterocycles. The van der Waals surface area contributed by atoms with Crippen molar-refractivity contribution >= 4 is 34.2 Å². The van der Waals surface area contributed by atoms with Crippen LogP contribution in [-0.2, 0) is 23.7 Å². The highest BCUT2D eigenvalue weighted by Gasteiger charge is 2.27. The molecule has 4 rings (SSSR count). The minimum atomic E-state index is -0.510. The summed E-state index contributed by atoms with van der Waals surface area (Å²) in [5.41, 5.74) is 0.0142. The Labute approximate surface area is 164 Å². The maximum atomic E-state index is 12.5. The average Bonchev–Trinajstić information content (AvgIpc) is 2.72. The van der Waals surface area contributed by atoms with Gasteiger partial charge in [-0.1, -0.05) is 12.1 Å². The molecule has 3 heterocycles. The first kappa shape index (κ1) is 18.4. The largest absolute Gasteiger partial charge is 0.482 e. The summed E-state index contributed by atoms with van der Waals surface area (Å²) in [5.74, 6) is -0.270. The molecule has 0 unspecified atom stereocenters. The van der Waals surface area contributed by atoms with Gasteiger partial charge in [-0.3, -0.25) is 28.4 Å². The van der Waals surface area contributed by atoms with Crippen LogP contribution in [0.25, 0.3) is 11.0 Å². The molecule has 1 aliphatic rings. The van der Waals surface area contributed by atoms with E-state index in [-0.39, 0.29) is 35.8 Å². The Morgan fingerprint density at radius 3 is 2.72 bits per heavy atom. The van der Waals surface area contributed by atoms with Gasteiger partial charge in [-0.15, -0.1) is 0 Å². The number of fused-ring (bicyclic) bond motifs is 2. The second-order valence-corrected chi connectivity index (χ2v) is 6.59. The van der Waals surface area contributed by atoms with Crippen LogP contribution in [-0.4, -0.2) is 39.1 Å². The first-order chi connectivity index (χ1) is 13.9. The van der Waals surface area contributed by atoms with E-state index in [4.69, 9.17) is 4.74 Å². The Bertz CT molecular complexity index is 1280. The minimum Gasteiger partial charge on any atom is -0.482 e. The van der Waals surface area contributed by atoms with Gasteiger partial charge in [-0.05, 0) is 18.2 Å². The monoisotopic (exact) mass is 395 g/mol. The fraction of sp³-hybridized carbons (Fsp3) is 0.211. The molecule has 10 heteroatoms.